The number of hydrogen-bond acceptors (Lipinski definition) is 3. The standard InChI is InChI=1S/C16H26N2O/c1-3-19-14(2)12-17-13-15-8-4-5-9-16(15)18-10-6-7-11-18/h4-5,8-9,14,17H,3,6-7,10-13H2,1-2H3. The van der Waals surface area contributed by atoms with E-state index in [2.05, 4.69) is 41.4 Å². The van der Waals surface area contributed by atoms with Gasteiger partial charge in [-0.25, -0.2) is 0 Å². The molecule has 0 aliphatic carbocycles. The van der Waals surface area contributed by atoms with E-state index in [1.165, 1.54) is 37.2 Å². The van der Waals surface area contributed by atoms with Gasteiger partial charge in [0.2, 0.25) is 0 Å². The molecule has 1 aliphatic heterocycles. The molecule has 0 saturated carbocycles. The van der Waals surface area contributed by atoms with E-state index in [-0.39, 0.29) is 6.10 Å². The third kappa shape index (κ3) is 4.22. The quantitative estimate of drug-likeness (QED) is 0.818. The van der Waals surface area contributed by atoms with Crippen LogP contribution in [0, 0.1) is 0 Å². The molecular formula is C16H26N2O. The van der Waals surface area contributed by atoms with E-state index in [0.29, 0.717) is 0 Å². The van der Waals surface area contributed by atoms with E-state index >= 15 is 0 Å². The van der Waals surface area contributed by atoms with Crippen LogP contribution >= 0.6 is 0 Å². The Hall–Kier alpha value is -1.06. The lowest BCUT2D eigenvalue weighted by Gasteiger charge is -2.22. The highest BCUT2D eigenvalue weighted by molar-refractivity contribution is 5.54. The smallest absolute Gasteiger partial charge is 0.0671 e. The average molecular weight is 262 g/mol. The molecule has 1 aromatic rings. The van der Waals surface area contributed by atoms with Crippen molar-refractivity contribution in [3.63, 3.8) is 0 Å². The number of nitrogens with zero attached hydrogens (tertiary/aromatic N) is 1. The Balaban J connectivity index is 1.89. The molecule has 19 heavy (non-hydrogen) atoms. The van der Waals surface area contributed by atoms with Gasteiger partial charge in [0.05, 0.1) is 6.10 Å². The summed E-state index contributed by atoms with van der Waals surface area (Å²) in [6.45, 7) is 9.17. The summed E-state index contributed by atoms with van der Waals surface area (Å²) in [6.07, 6.45) is 2.93. The summed E-state index contributed by atoms with van der Waals surface area (Å²) in [7, 11) is 0. The van der Waals surface area contributed by atoms with E-state index in [9.17, 15) is 0 Å². The first kappa shape index (κ1) is 14.4. The zero-order chi connectivity index (χ0) is 13.5. The first-order valence-corrected chi connectivity index (χ1v) is 7.46. The highest BCUT2D eigenvalue weighted by Gasteiger charge is 2.14. The molecule has 1 N–H and O–H groups in total. The maximum atomic E-state index is 5.54. The number of nitrogens with one attached hydrogen (secondary N) is 1. The van der Waals surface area contributed by atoms with Gasteiger partial charge in [0.25, 0.3) is 0 Å². The minimum atomic E-state index is 0.281. The molecule has 1 aromatic carbocycles. The molecule has 3 heteroatoms. The lowest BCUT2D eigenvalue weighted by atomic mass is 10.1. The number of ether oxygens (including phenoxy) is 1. The van der Waals surface area contributed by atoms with Crippen LogP contribution in [0.3, 0.4) is 0 Å². The van der Waals surface area contributed by atoms with Crippen LogP contribution in [0.25, 0.3) is 0 Å². The summed E-state index contributed by atoms with van der Waals surface area (Å²) in [5, 5.41) is 3.50. The van der Waals surface area contributed by atoms with Crippen LogP contribution in [0.1, 0.15) is 32.3 Å². The van der Waals surface area contributed by atoms with E-state index in [4.69, 9.17) is 4.74 Å². The average Bonchev–Trinajstić information content (AvgIpc) is 2.93. The molecule has 1 fully saturated rings. The molecule has 1 saturated heterocycles. The molecule has 0 aromatic heterocycles. The summed E-state index contributed by atoms with van der Waals surface area (Å²) >= 11 is 0. The van der Waals surface area contributed by atoms with Crippen molar-refractivity contribution in [2.75, 3.05) is 31.1 Å². The van der Waals surface area contributed by atoms with E-state index in [1.54, 1.807) is 0 Å². The van der Waals surface area contributed by atoms with Gasteiger partial charge in [-0.15, -0.1) is 0 Å². The first-order valence-electron chi connectivity index (χ1n) is 7.46. The maximum Gasteiger partial charge on any atom is 0.0671 e. The van der Waals surface area contributed by atoms with Crippen molar-refractivity contribution < 1.29 is 4.74 Å². The van der Waals surface area contributed by atoms with Gasteiger partial charge in [-0.3, -0.25) is 0 Å². The Kier molecular flexibility index (Phi) is 5.67. The van der Waals surface area contributed by atoms with Crippen molar-refractivity contribution >= 4 is 5.69 Å². The van der Waals surface area contributed by atoms with Gasteiger partial charge in [-0.2, -0.15) is 0 Å². The highest BCUT2D eigenvalue weighted by atomic mass is 16.5. The summed E-state index contributed by atoms with van der Waals surface area (Å²) in [5.74, 6) is 0. The minimum Gasteiger partial charge on any atom is -0.377 e. The molecule has 106 valence electrons. The summed E-state index contributed by atoms with van der Waals surface area (Å²) in [5.41, 5.74) is 2.80. The van der Waals surface area contributed by atoms with Gasteiger partial charge in [0.1, 0.15) is 0 Å². The number of anilines is 1. The Bertz CT molecular complexity index is 375. The molecule has 1 unspecified atom stereocenters. The first-order chi connectivity index (χ1) is 9.31. The van der Waals surface area contributed by atoms with Gasteiger partial charge in [0.15, 0.2) is 0 Å². The fraction of sp³-hybridized carbons (Fsp3) is 0.625. The van der Waals surface area contributed by atoms with Crippen molar-refractivity contribution in [3.8, 4) is 0 Å². The zero-order valence-corrected chi connectivity index (χ0v) is 12.2. The molecular weight excluding hydrogens is 236 g/mol. The van der Waals surface area contributed by atoms with Crippen LogP contribution in [0.2, 0.25) is 0 Å². The summed E-state index contributed by atoms with van der Waals surface area (Å²) in [6, 6.07) is 8.74. The molecule has 3 nitrogen and oxygen atoms in total. The molecule has 0 radical (unpaired) electrons. The Morgan fingerprint density at radius 2 is 2.00 bits per heavy atom. The minimum absolute atomic E-state index is 0.281. The number of para-hydroxylation sites is 1. The van der Waals surface area contributed by atoms with Crippen molar-refractivity contribution in [2.24, 2.45) is 0 Å². The third-order valence-electron chi connectivity index (χ3n) is 3.64. The Morgan fingerprint density at radius 1 is 1.26 bits per heavy atom. The third-order valence-corrected chi connectivity index (χ3v) is 3.64. The topological polar surface area (TPSA) is 24.5 Å². The van der Waals surface area contributed by atoms with Crippen LogP contribution < -0.4 is 10.2 Å². The van der Waals surface area contributed by atoms with Crippen LogP contribution in [0.4, 0.5) is 5.69 Å². The van der Waals surface area contributed by atoms with E-state index in [1.807, 2.05) is 6.92 Å². The molecule has 0 bridgehead atoms. The van der Waals surface area contributed by atoms with Crippen LogP contribution in [-0.2, 0) is 11.3 Å². The fourth-order valence-electron chi connectivity index (χ4n) is 2.68. The molecule has 1 aliphatic rings. The van der Waals surface area contributed by atoms with Crippen molar-refractivity contribution in [2.45, 2.75) is 39.3 Å². The lowest BCUT2D eigenvalue weighted by Crippen LogP contribution is -2.27. The van der Waals surface area contributed by atoms with Crippen molar-refractivity contribution in [1.82, 2.24) is 5.32 Å². The van der Waals surface area contributed by atoms with Gasteiger partial charge in [0, 0.05) is 38.5 Å². The van der Waals surface area contributed by atoms with Crippen molar-refractivity contribution in [3.05, 3.63) is 29.8 Å². The van der Waals surface area contributed by atoms with E-state index < -0.39 is 0 Å². The maximum absolute atomic E-state index is 5.54. The van der Waals surface area contributed by atoms with Crippen LogP contribution in [0.5, 0.6) is 0 Å². The number of rotatable bonds is 7. The number of hydrogen-bond donors (Lipinski definition) is 1. The van der Waals surface area contributed by atoms with Crippen molar-refractivity contribution in [1.29, 1.82) is 0 Å². The summed E-state index contributed by atoms with van der Waals surface area (Å²) < 4.78 is 5.54. The Labute approximate surface area is 116 Å². The molecule has 0 spiro atoms. The normalized spacial score (nSPS) is 16.8. The second kappa shape index (κ2) is 7.51. The molecule has 1 atom stereocenters. The SMILES string of the molecule is CCOC(C)CNCc1ccccc1N1CCCC1. The zero-order valence-electron chi connectivity index (χ0n) is 12.2. The van der Waals surface area contributed by atoms with Gasteiger partial charge >= 0.3 is 0 Å². The second-order valence-corrected chi connectivity index (χ2v) is 5.22. The van der Waals surface area contributed by atoms with Gasteiger partial charge in [-0.05, 0) is 38.3 Å². The molecule has 2 rings (SSSR count). The largest absolute Gasteiger partial charge is 0.377 e. The van der Waals surface area contributed by atoms with Gasteiger partial charge < -0.3 is 15.0 Å². The lowest BCUT2D eigenvalue weighted by molar-refractivity contribution is 0.0759. The van der Waals surface area contributed by atoms with E-state index in [0.717, 1.165) is 19.7 Å². The molecule has 0 amide bonds. The van der Waals surface area contributed by atoms with Crippen LogP contribution in [0.15, 0.2) is 24.3 Å². The Morgan fingerprint density at radius 3 is 2.74 bits per heavy atom. The second-order valence-electron chi connectivity index (χ2n) is 5.22. The van der Waals surface area contributed by atoms with Crippen LogP contribution in [-0.4, -0.2) is 32.3 Å². The predicted octanol–water partition coefficient (Wildman–Crippen LogP) is 2.80. The monoisotopic (exact) mass is 262 g/mol. The predicted molar refractivity (Wildman–Crippen MR) is 80.7 cm³/mol. The fourth-order valence-corrected chi connectivity index (χ4v) is 2.68. The number of benzene rings is 1. The molecule has 1 heterocycles. The summed E-state index contributed by atoms with van der Waals surface area (Å²) in [4.78, 5) is 2.50. The highest BCUT2D eigenvalue weighted by Crippen LogP contribution is 2.24. The van der Waals surface area contributed by atoms with Gasteiger partial charge in [-0.1, -0.05) is 18.2 Å².